The van der Waals surface area contributed by atoms with Crippen LogP contribution in [0.3, 0.4) is 0 Å². The molecule has 2 atom stereocenters. The number of hydrogen-bond acceptors (Lipinski definition) is 4. The summed E-state index contributed by atoms with van der Waals surface area (Å²) in [7, 11) is 0. The predicted octanol–water partition coefficient (Wildman–Crippen LogP) is 1.44. The van der Waals surface area contributed by atoms with Gasteiger partial charge in [0, 0.05) is 10.7 Å². The van der Waals surface area contributed by atoms with E-state index in [9.17, 15) is 19.8 Å². The van der Waals surface area contributed by atoms with Gasteiger partial charge in [-0.3, -0.25) is 0 Å². The maximum absolute atomic E-state index is 9.21. The molecule has 9 heteroatoms. The van der Waals surface area contributed by atoms with Crippen LogP contribution in [-0.4, -0.2) is 34.7 Å². The number of aliphatic carboxylic acids is 2. The van der Waals surface area contributed by atoms with Crippen LogP contribution < -0.4 is 10.2 Å². The van der Waals surface area contributed by atoms with Crippen LogP contribution in [0.5, 0.6) is 0 Å². The minimum absolute atomic E-state index is 0. The number of nitrogens with one attached hydrogen (secondary N) is 2. The van der Waals surface area contributed by atoms with Crippen molar-refractivity contribution in [1.82, 2.24) is 0 Å². The van der Waals surface area contributed by atoms with E-state index >= 15 is 0 Å². The van der Waals surface area contributed by atoms with Crippen LogP contribution in [0.15, 0.2) is 0 Å². The molecule has 0 heterocycles. The molecular formula is C12H20Br2N2O4Pt. The van der Waals surface area contributed by atoms with E-state index in [0.29, 0.717) is 0 Å². The van der Waals surface area contributed by atoms with Gasteiger partial charge in [-0.15, -0.1) is 0 Å². The molecule has 0 bridgehead atoms. The van der Waals surface area contributed by atoms with Crippen molar-refractivity contribution < 1.29 is 40.9 Å². The van der Waals surface area contributed by atoms with Crippen molar-refractivity contribution in [2.75, 3.05) is 10.7 Å². The minimum atomic E-state index is -1.08. The monoisotopic (exact) mass is 609 g/mol. The molecule has 1 aliphatic rings. The summed E-state index contributed by atoms with van der Waals surface area (Å²) in [5, 5.41) is 18.3. The molecule has 1 saturated carbocycles. The first-order valence-corrected chi connectivity index (χ1v) is 8.53. The van der Waals surface area contributed by atoms with E-state index in [1.807, 2.05) is 0 Å². The summed E-state index contributed by atoms with van der Waals surface area (Å²) in [6.45, 7) is 0. The average Bonchev–Trinajstić information content (AvgIpc) is 2.41. The van der Waals surface area contributed by atoms with Crippen molar-refractivity contribution in [2.24, 2.45) is 0 Å². The predicted molar refractivity (Wildman–Crippen MR) is 81.5 cm³/mol. The van der Waals surface area contributed by atoms with Gasteiger partial charge >= 0.3 is 21.1 Å². The molecule has 0 amide bonds. The first-order valence-electron chi connectivity index (χ1n) is 6.29. The van der Waals surface area contributed by atoms with Gasteiger partial charge in [-0.1, -0.05) is 70.4 Å². The molecule has 2 N–H and O–H groups in total. The van der Waals surface area contributed by atoms with Crippen molar-refractivity contribution in [3.8, 4) is 0 Å². The summed E-state index contributed by atoms with van der Waals surface area (Å²) in [6.07, 6.45) is 6.81. The van der Waals surface area contributed by atoms with Gasteiger partial charge in [0.25, 0.3) is 0 Å². The molecule has 21 heavy (non-hydrogen) atoms. The Labute approximate surface area is 156 Å². The minimum Gasteiger partial charge on any atom is -0.676 e. The summed E-state index contributed by atoms with van der Waals surface area (Å²) >= 11 is 5.30. The van der Waals surface area contributed by atoms with Crippen molar-refractivity contribution in [3.63, 3.8) is 0 Å². The molecule has 0 aromatic heterocycles. The molecule has 0 aromatic rings. The standard InChI is InChI=1S/C8H16N2.2C2H3BrO2.Pt/c9-7-5-3-1-2-4-6-8(7)10;2*3-1-2(4)5;/h7-10H,1-6H2;2*1H2,(H,4,5);/q-2;;;+4/p-2. The van der Waals surface area contributed by atoms with E-state index < -0.39 is 11.9 Å². The number of carboxylic acid groups (broad SMARTS) is 2. The molecule has 0 aromatic carbocycles. The molecule has 0 radical (unpaired) electrons. The average molecular weight is 611 g/mol. The number of carbonyl (C=O) groups excluding carboxylic acids is 2. The molecule has 2 unspecified atom stereocenters. The van der Waals surface area contributed by atoms with Gasteiger partial charge in [-0.25, -0.2) is 0 Å². The van der Waals surface area contributed by atoms with Crippen LogP contribution in [-0.2, 0) is 30.7 Å². The Kier molecular flexibility index (Phi) is 23.3. The molecule has 1 aliphatic carbocycles. The Balaban J connectivity index is -0.000000254. The largest absolute Gasteiger partial charge is 4.00 e. The zero-order chi connectivity index (χ0) is 16.0. The third-order valence-electron chi connectivity index (χ3n) is 2.48. The fourth-order valence-corrected chi connectivity index (χ4v) is 1.48. The Bertz CT molecular complexity index is 248. The molecule has 0 saturated heterocycles. The fraction of sp³-hybridized carbons (Fsp3) is 0.833. The van der Waals surface area contributed by atoms with E-state index in [0.717, 1.165) is 12.8 Å². The molecule has 0 aliphatic heterocycles. The van der Waals surface area contributed by atoms with Crippen LogP contribution in [0.4, 0.5) is 0 Å². The van der Waals surface area contributed by atoms with Crippen LogP contribution in [0.25, 0.3) is 11.5 Å². The number of rotatable bonds is 2. The Hall–Kier alpha value is 0.508. The molecule has 6 nitrogen and oxygen atoms in total. The Morgan fingerprint density at radius 2 is 1.10 bits per heavy atom. The van der Waals surface area contributed by atoms with Gasteiger partial charge in [-0.2, -0.15) is 12.1 Å². The Morgan fingerprint density at radius 3 is 1.29 bits per heavy atom. The van der Waals surface area contributed by atoms with E-state index in [1.165, 1.54) is 25.7 Å². The molecule has 0 spiro atoms. The normalized spacial score (nSPS) is 21.0. The van der Waals surface area contributed by atoms with Gasteiger partial charge in [0.2, 0.25) is 0 Å². The van der Waals surface area contributed by atoms with Gasteiger partial charge in [-0.05, 0) is 0 Å². The Morgan fingerprint density at radius 1 is 0.857 bits per heavy atom. The van der Waals surface area contributed by atoms with E-state index in [-0.39, 0.29) is 43.8 Å². The summed E-state index contributed by atoms with van der Waals surface area (Å²) in [6, 6.07) is -0.194. The quantitative estimate of drug-likeness (QED) is 0.438. The topological polar surface area (TPSA) is 128 Å². The molecule has 1 rings (SSSR count). The van der Waals surface area contributed by atoms with E-state index in [2.05, 4.69) is 31.9 Å². The second-order valence-corrected chi connectivity index (χ2v) is 5.34. The number of carbonyl (C=O) groups is 2. The van der Waals surface area contributed by atoms with Crippen LogP contribution in [0.2, 0.25) is 0 Å². The van der Waals surface area contributed by atoms with Gasteiger partial charge in [0.1, 0.15) is 0 Å². The number of hydrogen-bond donors (Lipinski definition) is 0. The van der Waals surface area contributed by atoms with Crippen molar-refractivity contribution in [3.05, 3.63) is 11.5 Å². The zero-order valence-electron chi connectivity index (χ0n) is 11.5. The van der Waals surface area contributed by atoms with Crippen molar-refractivity contribution in [1.29, 1.82) is 0 Å². The zero-order valence-corrected chi connectivity index (χ0v) is 17.0. The van der Waals surface area contributed by atoms with Gasteiger partial charge in [0.05, 0.1) is 11.9 Å². The van der Waals surface area contributed by atoms with Crippen LogP contribution in [0, 0.1) is 0 Å². The number of carboxylic acids is 2. The molecular weight excluding hydrogens is 591 g/mol. The number of alkyl halides is 2. The smallest absolute Gasteiger partial charge is 0.676 e. The summed E-state index contributed by atoms with van der Waals surface area (Å²) in [4.78, 5) is 18.4. The van der Waals surface area contributed by atoms with Crippen LogP contribution in [0.1, 0.15) is 38.5 Å². The third kappa shape index (κ3) is 22.9. The second-order valence-electron chi connectivity index (χ2n) is 4.22. The number of halogens is 2. The maximum Gasteiger partial charge on any atom is 4.00 e. The van der Waals surface area contributed by atoms with Gasteiger partial charge < -0.3 is 31.3 Å². The van der Waals surface area contributed by atoms with Gasteiger partial charge in [0.15, 0.2) is 0 Å². The molecule has 126 valence electrons. The summed E-state index contributed by atoms with van der Waals surface area (Å²) in [5.74, 6) is -2.16. The second kappa shape index (κ2) is 18.6. The first-order chi connectivity index (χ1) is 9.34. The van der Waals surface area contributed by atoms with Crippen molar-refractivity contribution >= 4 is 43.8 Å². The van der Waals surface area contributed by atoms with E-state index in [1.54, 1.807) is 0 Å². The first kappa shape index (κ1) is 26.4. The van der Waals surface area contributed by atoms with E-state index in [4.69, 9.17) is 11.5 Å². The maximum atomic E-state index is 9.21. The summed E-state index contributed by atoms with van der Waals surface area (Å²) < 4.78 is 0. The summed E-state index contributed by atoms with van der Waals surface area (Å²) in [5.41, 5.74) is 15.1. The molecule has 1 fully saturated rings. The SMILES string of the molecule is O=C([O-])CBr.O=C([O-])CBr.[NH-]C1CCCCCCC1[NH-].[Pt+4]. The fourth-order valence-electron chi connectivity index (χ4n) is 1.48. The van der Waals surface area contributed by atoms with Crippen LogP contribution >= 0.6 is 31.9 Å². The third-order valence-corrected chi connectivity index (χ3v) is 3.40. The van der Waals surface area contributed by atoms with Crippen molar-refractivity contribution in [2.45, 2.75) is 50.6 Å².